The van der Waals surface area contributed by atoms with Gasteiger partial charge in [-0.3, -0.25) is 0 Å². The van der Waals surface area contributed by atoms with Gasteiger partial charge in [0.15, 0.2) is 0 Å². The standard InChI is InChI=1S/C10H9ClN6/c1-7-13-14-15-17(7)6-9-5-16-4-8(11)2-3-10(16)12-9/h2-5H,6H2,1H3. The first kappa shape index (κ1) is 10.2. The maximum atomic E-state index is 5.91. The average molecular weight is 249 g/mol. The van der Waals surface area contributed by atoms with E-state index in [1.807, 2.05) is 35.9 Å². The van der Waals surface area contributed by atoms with Gasteiger partial charge in [-0.05, 0) is 29.5 Å². The maximum Gasteiger partial charge on any atom is 0.148 e. The van der Waals surface area contributed by atoms with Crippen molar-refractivity contribution >= 4 is 17.2 Å². The van der Waals surface area contributed by atoms with Crippen LogP contribution in [0.2, 0.25) is 5.02 Å². The van der Waals surface area contributed by atoms with Crippen molar-refractivity contribution in [3.63, 3.8) is 0 Å². The fraction of sp³-hybridized carbons (Fsp3) is 0.200. The van der Waals surface area contributed by atoms with Crippen LogP contribution in [0.1, 0.15) is 11.5 Å². The maximum absolute atomic E-state index is 5.91. The van der Waals surface area contributed by atoms with E-state index in [4.69, 9.17) is 11.6 Å². The van der Waals surface area contributed by atoms with Gasteiger partial charge in [-0.2, -0.15) is 0 Å². The van der Waals surface area contributed by atoms with Crippen LogP contribution in [0.5, 0.6) is 0 Å². The number of halogens is 1. The van der Waals surface area contributed by atoms with Crippen molar-refractivity contribution in [2.24, 2.45) is 0 Å². The lowest BCUT2D eigenvalue weighted by Gasteiger charge is -1.96. The second-order valence-electron chi connectivity index (χ2n) is 3.73. The van der Waals surface area contributed by atoms with E-state index in [0.717, 1.165) is 17.2 Å². The smallest absolute Gasteiger partial charge is 0.148 e. The molecule has 0 radical (unpaired) electrons. The molecule has 7 heteroatoms. The zero-order chi connectivity index (χ0) is 11.8. The molecule has 0 aliphatic carbocycles. The van der Waals surface area contributed by atoms with Gasteiger partial charge in [-0.15, -0.1) is 5.10 Å². The highest BCUT2D eigenvalue weighted by molar-refractivity contribution is 6.30. The fourth-order valence-electron chi connectivity index (χ4n) is 1.64. The Bertz CT molecular complexity index is 670. The molecule has 0 atom stereocenters. The Balaban J connectivity index is 1.99. The number of rotatable bonds is 2. The molecule has 0 fully saturated rings. The molecule has 0 amide bonds. The van der Waals surface area contributed by atoms with Gasteiger partial charge in [0.2, 0.25) is 0 Å². The minimum Gasteiger partial charge on any atom is -0.305 e. The Morgan fingerprint density at radius 1 is 1.29 bits per heavy atom. The summed E-state index contributed by atoms with van der Waals surface area (Å²) < 4.78 is 3.58. The highest BCUT2D eigenvalue weighted by atomic mass is 35.5. The van der Waals surface area contributed by atoms with Crippen LogP contribution in [-0.2, 0) is 6.54 Å². The summed E-state index contributed by atoms with van der Waals surface area (Å²) in [5.41, 5.74) is 1.75. The molecule has 6 nitrogen and oxygen atoms in total. The quantitative estimate of drug-likeness (QED) is 0.687. The second kappa shape index (κ2) is 3.81. The van der Waals surface area contributed by atoms with E-state index in [0.29, 0.717) is 11.6 Å². The second-order valence-corrected chi connectivity index (χ2v) is 4.17. The number of nitrogens with zero attached hydrogens (tertiary/aromatic N) is 6. The van der Waals surface area contributed by atoms with Gasteiger partial charge in [-0.25, -0.2) is 9.67 Å². The lowest BCUT2D eigenvalue weighted by atomic mass is 10.5. The minimum atomic E-state index is 0.554. The molecule has 0 aliphatic rings. The Labute approximate surface area is 102 Å². The predicted molar refractivity (Wildman–Crippen MR) is 61.9 cm³/mol. The fourth-order valence-corrected chi connectivity index (χ4v) is 1.81. The molecule has 0 spiro atoms. The number of imidazole rings is 1. The van der Waals surface area contributed by atoms with Gasteiger partial charge in [-0.1, -0.05) is 11.6 Å². The number of hydrogen-bond donors (Lipinski definition) is 0. The monoisotopic (exact) mass is 248 g/mol. The van der Waals surface area contributed by atoms with Gasteiger partial charge < -0.3 is 4.40 Å². The van der Waals surface area contributed by atoms with E-state index in [2.05, 4.69) is 20.5 Å². The van der Waals surface area contributed by atoms with E-state index < -0.39 is 0 Å². The summed E-state index contributed by atoms with van der Waals surface area (Å²) in [6, 6.07) is 3.69. The normalized spacial score (nSPS) is 11.2. The number of pyridine rings is 1. The van der Waals surface area contributed by atoms with Crippen LogP contribution in [0, 0.1) is 6.92 Å². The average Bonchev–Trinajstić information content (AvgIpc) is 2.85. The largest absolute Gasteiger partial charge is 0.305 e. The van der Waals surface area contributed by atoms with Gasteiger partial charge in [0.25, 0.3) is 0 Å². The van der Waals surface area contributed by atoms with E-state index >= 15 is 0 Å². The molecule has 3 heterocycles. The van der Waals surface area contributed by atoms with Crippen molar-refractivity contribution in [1.82, 2.24) is 29.6 Å². The van der Waals surface area contributed by atoms with Gasteiger partial charge >= 0.3 is 0 Å². The van der Waals surface area contributed by atoms with Crippen LogP contribution >= 0.6 is 11.6 Å². The number of hydrogen-bond acceptors (Lipinski definition) is 4. The van der Waals surface area contributed by atoms with Crippen molar-refractivity contribution in [2.75, 3.05) is 0 Å². The van der Waals surface area contributed by atoms with Crippen LogP contribution in [0.15, 0.2) is 24.5 Å². The Morgan fingerprint density at radius 3 is 2.94 bits per heavy atom. The number of tetrazole rings is 1. The Hall–Kier alpha value is -1.95. The van der Waals surface area contributed by atoms with Crippen molar-refractivity contribution in [1.29, 1.82) is 0 Å². The molecular formula is C10H9ClN6. The molecule has 0 bridgehead atoms. The first-order chi connectivity index (χ1) is 8.22. The minimum absolute atomic E-state index is 0.554. The summed E-state index contributed by atoms with van der Waals surface area (Å²) >= 11 is 5.91. The van der Waals surface area contributed by atoms with Crippen molar-refractivity contribution < 1.29 is 0 Å². The highest BCUT2D eigenvalue weighted by Gasteiger charge is 2.06. The summed E-state index contributed by atoms with van der Waals surface area (Å²) in [5, 5.41) is 12.0. The molecule has 3 rings (SSSR count). The summed E-state index contributed by atoms with van der Waals surface area (Å²) in [5.74, 6) is 0.764. The molecule has 0 N–H and O–H groups in total. The zero-order valence-corrected chi connectivity index (χ0v) is 9.83. The number of fused-ring (bicyclic) bond motifs is 1. The molecule has 17 heavy (non-hydrogen) atoms. The van der Waals surface area contributed by atoms with Gasteiger partial charge in [0.1, 0.15) is 11.5 Å². The third-order valence-corrected chi connectivity index (χ3v) is 2.71. The SMILES string of the molecule is Cc1nnnn1Cc1cn2cc(Cl)ccc2n1. The lowest BCUT2D eigenvalue weighted by molar-refractivity contribution is 0.625. The predicted octanol–water partition coefficient (Wildman–Crippen LogP) is 1.33. The topological polar surface area (TPSA) is 60.9 Å². The molecule has 3 aromatic heterocycles. The number of aromatic nitrogens is 6. The van der Waals surface area contributed by atoms with E-state index in [9.17, 15) is 0 Å². The van der Waals surface area contributed by atoms with E-state index in [-0.39, 0.29) is 0 Å². The lowest BCUT2D eigenvalue weighted by Crippen LogP contribution is -2.04. The molecule has 0 unspecified atom stereocenters. The van der Waals surface area contributed by atoms with Crippen molar-refractivity contribution in [3.8, 4) is 0 Å². The molecule has 0 aromatic carbocycles. The van der Waals surface area contributed by atoms with Crippen LogP contribution in [0.4, 0.5) is 0 Å². The van der Waals surface area contributed by atoms with Crippen LogP contribution in [-0.4, -0.2) is 29.6 Å². The summed E-state index contributed by atoms with van der Waals surface area (Å²) in [6.07, 6.45) is 3.74. The van der Waals surface area contributed by atoms with Gasteiger partial charge in [0.05, 0.1) is 17.3 Å². The summed E-state index contributed by atoms with van der Waals surface area (Å²) in [4.78, 5) is 4.46. The third kappa shape index (κ3) is 1.87. The molecular weight excluding hydrogens is 240 g/mol. The molecule has 86 valence electrons. The first-order valence-corrected chi connectivity index (χ1v) is 5.46. The van der Waals surface area contributed by atoms with Gasteiger partial charge in [0, 0.05) is 12.4 Å². The molecule has 0 saturated carbocycles. The van der Waals surface area contributed by atoms with Crippen molar-refractivity contribution in [2.45, 2.75) is 13.5 Å². The Kier molecular flexibility index (Phi) is 2.29. The molecule has 0 aliphatic heterocycles. The summed E-state index contributed by atoms with van der Waals surface area (Å²) in [7, 11) is 0. The third-order valence-electron chi connectivity index (χ3n) is 2.49. The molecule has 3 aromatic rings. The van der Waals surface area contributed by atoms with E-state index in [1.165, 1.54) is 0 Å². The first-order valence-electron chi connectivity index (χ1n) is 5.08. The highest BCUT2D eigenvalue weighted by Crippen LogP contribution is 2.12. The van der Waals surface area contributed by atoms with Crippen molar-refractivity contribution in [3.05, 3.63) is 41.1 Å². The van der Waals surface area contributed by atoms with Crippen LogP contribution in [0.25, 0.3) is 5.65 Å². The Morgan fingerprint density at radius 2 is 2.18 bits per heavy atom. The van der Waals surface area contributed by atoms with Crippen LogP contribution in [0.3, 0.4) is 0 Å². The number of aryl methyl sites for hydroxylation is 1. The summed E-state index contributed by atoms with van der Waals surface area (Å²) in [6.45, 7) is 2.41. The van der Waals surface area contributed by atoms with Crippen LogP contribution < -0.4 is 0 Å². The van der Waals surface area contributed by atoms with E-state index in [1.54, 1.807) is 4.68 Å². The zero-order valence-electron chi connectivity index (χ0n) is 9.08. The molecule has 0 saturated heterocycles.